The molecule has 0 radical (unpaired) electrons. The molecule has 6 heteroatoms. The summed E-state index contributed by atoms with van der Waals surface area (Å²) >= 11 is 1.56. The highest BCUT2D eigenvalue weighted by atomic mass is 32.1. The maximum Gasteiger partial charge on any atom is 0.247 e. The minimum atomic E-state index is -0.362. The third kappa shape index (κ3) is 2.76. The number of rotatable bonds is 5. The number of carbonyl (C=O) groups is 2. The van der Waals surface area contributed by atoms with E-state index in [9.17, 15) is 9.59 Å². The van der Waals surface area contributed by atoms with Gasteiger partial charge in [0.05, 0.1) is 23.7 Å². The van der Waals surface area contributed by atoms with Crippen molar-refractivity contribution in [2.45, 2.75) is 38.8 Å². The molecule has 1 atom stereocenters. The summed E-state index contributed by atoms with van der Waals surface area (Å²) in [5.74, 6) is -0.186. The Kier molecular flexibility index (Phi) is 4.08. The fourth-order valence-corrected chi connectivity index (χ4v) is 2.68. The van der Waals surface area contributed by atoms with Gasteiger partial charge in [0.1, 0.15) is 0 Å². The number of nitrogens with zero attached hydrogens (tertiary/aromatic N) is 2. The van der Waals surface area contributed by atoms with E-state index in [0.29, 0.717) is 6.54 Å². The Balaban J connectivity index is 1.84. The second-order valence-corrected chi connectivity index (χ2v) is 5.36. The number of likely N-dealkylation sites (tertiary alicyclic amines) is 1. The van der Waals surface area contributed by atoms with Crippen LogP contribution in [-0.4, -0.2) is 40.3 Å². The fourth-order valence-electron chi connectivity index (χ4n) is 2.09. The zero-order valence-corrected chi connectivity index (χ0v) is 11.4. The molecule has 1 fully saturated rings. The Bertz CT molecular complexity index is 431. The number of aromatic nitrogens is 1. The summed E-state index contributed by atoms with van der Waals surface area (Å²) in [6.07, 6.45) is 1.05. The lowest BCUT2D eigenvalue weighted by atomic mass is 10.2. The van der Waals surface area contributed by atoms with E-state index in [-0.39, 0.29) is 30.3 Å². The average molecular weight is 267 g/mol. The molecule has 98 valence electrons. The Morgan fingerprint density at radius 3 is 2.89 bits per heavy atom. The van der Waals surface area contributed by atoms with Crippen LogP contribution in [0.2, 0.25) is 0 Å². The Labute approximate surface area is 110 Å². The van der Waals surface area contributed by atoms with Gasteiger partial charge < -0.3 is 5.32 Å². The van der Waals surface area contributed by atoms with Crippen LogP contribution in [-0.2, 0) is 16.0 Å². The Morgan fingerprint density at radius 2 is 2.33 bits per heavy atom. The van der Waals surface area contributed by atoms with Crippen LogP contribution in [0, 0.1) is 0 Å². The third-order valence-corrected chi connectivity index (χ3v) is 3.59. The maximum atomic E-state index is 12.0. The second-order valence-electron chi connectivity index (χ2n) is 4.64. The summed E-state index contributed by atoms with van der Waals surface area (Å²) in [6, 6.07) is -0.422. The van der Waals surface area contributed by atoms with Gasteiger partial charge in [-0.25, -0.2) is 4.98 Å². The van der Waals surface area contributed by atoms with Crippen LogP contribution in [0.25, 0.3) is 0 Å². The molecular weight excluding hydrogens is 250 g/mol. The van der Waals surface area contributed by atoms with Crippen LogP contribution in [0.3, 0.4) is 0 Å². The van der Waals surface area contributed by atoms with Crippen LogP contribution in [0.4, 0.5) is 0 Å². The summed E-state index contributed by atoms with van der Waals surface area (Å²) < 4.78 is 0. The number of amides is 2. The summed E-state index contributed by atoms with van der Waals surface area (Å²) in [4.78, 5) is 29.2. The number of imide groups is 1. The van der Waals surface area contributed by atoms with Crippen LogP contribution in [0.1, 0.15) is 26.0 Å². The van der Waals surface area contributed by atoms with Gasteiger partial charge in [-0.2, -0.15) is 0 Å². The molecule has 1 aromatic heterocycles. The molecule has 2 heterocycles. The normalized spacial score (nSPS) is 20.2. The van der Waals surface area contributed by atoms with Gasteiger partial charge in [0, 0.05) is 24.4 Å². The minimum absolute atomic E-state index is 0.0599. The fraction of sp³-hybridized carbons (Fsp3) is 0.583. The molecule has 1 N–H and O–H groups in total. The quantitative estimate of drug-likeness (QED) is 0.802. The Hall–Kier alpha value is -1.27. The number of nitrogens with one attached hydrogen (secondary N) is 1. The zero-order valence-electron chi connectivity index (χ0n) is 10.5. The van der Waals surface area contributed by atoms with Gasteiger partial charge in [-0.1, -0.05) is 0 Å². The minimum Gasteiger partial charge on any atom is -0.305 e. The van der Waals surface area contributed by atoms with Gasteiger partial charge in [-0.15, -0.1) is 11.3 Å². The van der Waals surface area contributed by atoms with E-state index in [1.54, 1.807) is 16.8 Å². The van der Waals surface area contributed by atoms with Crippen molar-refractivity contribution in [2.75, 3.05) is 6.54 Å². The van der Waals surface area contributed by atoms with Crippen molar-refractivity contribution >= 4 is 23.2 Å². The molecule has 0 saturated carbocycles. The highest BCUT2D eigenvalue weighted by Crippen LogP contribution is 2.16. The van der Waals surface area contributed by atoms with Crippen molar-refractivity contribution in [2.24, 2.45) is 0 Å². The van der Waals surface area contributed by atoms with Crippen molar-refractivity contribution in [1.29, 1.82) is 0 Å². The monoisotopic (exact) mass is 267 g/mol. The largest absolute Gasteiger partial charge is 0.305 e. The summed E-state index contributed by atoms with van der Waals surface area (Å²) in [5, 5.41) is 5.13. The molecule has 0 aromatic carbocycles. The highest BCUT2D eigenvalue weighted by Gasteiger charge is 2.39. The standard InChI is InChI=1S/C12H17N3O2S/c1-8(2)15-11(16)5-10(12(15)17)13-4-3-9-6-18-7-14-9/h6-8,10,13H,3-5H2,1-2H3. The average Bonchev–Trinajstić information content (AvgIpc) is 2.88. The van der Waals surface area contributed by atoms with E-state index >= 15 is 0 Å². The van der Waals surface area contributed by atoms with Gasteiger partial charge >= 0.3 is 0 Å². The zero-order chi connectivity index (χ0) is 13.1. The van der Waals surface area contributed by atoms with Crippen LogP contribution >= 0.6 is 11.3 Å². The molecule has 18 heavy (non-hydrogen) atoms. The van der Waals surface area contributed by atoms with Gasteiger partial charge in [0.2, 0.25) is 11.8 Å². The molecule has 1 unspecified atom stereocenters. The first-order chi connectivity index (χ1) is 8.59. The molecule has 1 aromatic rings. The Morgan fingerprint density at radius 1 is 1.56 bits per heavy atom. The lowest BCUT2D eigenvalue weighted by molar-refractivity contribution is -0.140. The maximum absolute atomic E-state index is 12.0. The van der Waals surface area contributed by atoms with Crippen LogP contribution < -0.4 is 5.32 Å². The van der Waals surface area contributed by atoms with Crippen LogP contribution in [0.5, 0.6) is 0 Å². The molecule has 0 bridgehead atoms. The van der Waals surface area contributed by atoms with E-state index < -0.39 is 0 Å². The van der Waals surface area contributed by atoms with E-state index in [0.717, 1.165) is 12.1 Å². The lowest BCUT2D eigenvalue weighted by Gasteiger charge is -2.19. The molecule has 1 aliphatic rings. The smallest absolute Gasteiger partial charge is 0.247 e. The van der Waals surface area contributed by atoms with Crippen molar-refractivity contribution in [1.82, 2.24) is 15.2 Å². The lowest BCUT2D eigenvalue weighted by Crippen LogP contribution is -2.42. The van der Waals surface area contributed by atoms with Crippen molar-refractivity contribution in [3.05, 3.63) is 16.6 Å². The second kappa shape index (κ2) is 5.58. The summed E-state index contributed by atoms with van der Waals surface area (Å²) in [5.41, 5.74) is 2.81. The predicted molar refractivity (Wildman–Crippen MR) is 69.2 cm³/mol. The van der Waals surface area contributed by atoms with Gasteiger partial charge in [-0.3, -0.25) is 14.5 Å². The van der Waals surface area contributed by atoms with E-state index in [1.165, 1.54) is 4.90 Å². The molecule has 5 nitrogen and oxygen atoms in total. The van der Waals surface area contributed by atoms with E-state index in [2.05, 4.69) is 10.3 Å². The third-order valence-electron chi connectivity index (χ3n) is 2.95. The first kappa shape index (κ1) is 13.2. The SMILES string of the molecule is CC(C)N1C(=O)CC(NCCc2cscn2)C1=O. The first-order valence-corrected chi connectivity index (χ1v) is 7.00. The van der Waals surface area contributed by atoms with E-state index in [1.807, 2.05) is 19.2 Å². The molecule has 1 aliphatic heterocycles. The van der Waals surface area contributed by atoms with Gasteiger partial charge in [-0.05, 0) is 13.8 Å². The number of hydrogen-bond donors (Lipinski definition) is 1. The molecule has 2 rings (SSSR count). The molecule has 0 aliphatic carbocycles. The molecule has 1 saturated heterocycles. The number of thiazole rings is 1. The summed E-state index contributed by atoms with van der Waals surface area (Å²) in [7, 11) is 0. The number of hydrogen-bond acceptors (Lipinski definition) is 5. The van der Waals surface area contributed by atoms with Crippen LogP contribution in [0.15, 0.2) is 10.9 Å². The van der Waals surface area contributed by atoms with Gasteiger partial charge in [0.15, 0.2) is 0 Å². The van der Waals surface area contributed by atoms with Crippen molar-refractivity contribution in [3.63, 3.8) is 0 Å². The van der Waals surface area contributed by atoms with Crippen molar-refractivity contribution in [3.8, 4) is 0 Å². The first-order valence-electron chi connectivity index (χ1n) is 6.06. The number of carbonyl (C=O) groups excluding carboxylic acids is 2. The highest BCUT2D eigenvalue weighted by molar-refractivity contribution is 7.07. The molecule has 2 amide bonds. The summed E-state index contributed by atoms with van der Waals surface area (Å²) in [6.45, 7) is 4.38. The van der Waals surface area contributed by atoms with Crippen molar-refractivity contribution < 1.29 is 9.59 Å². The topological polar surface area (TPSA) is 62.3 Å². The molecule has 0 spiro atoms. The van der Waals surface area contributed by atoms with Gasteiger partial charge in [0.25, 0.3) is 0 Å². The molecular formula is C12H17N3O2S. The predicted octanol–water partition coefficient (Wildman–Crippen LogP) is 0.811. The van der Waals surface area contributed by atoms with E-state index in [4.69, 9.17) is 0 Å².